The second kappa shape index (κ2) is 4.64. The molecule has 0 aliphatic heterocycles. The molecule has 0 aliphatic carbocycles. The summed E-state index contributed by atoms with van der Waals surface area (Å²) in [6.45, 7) is 5.68. The van der Waals surface area contributed by atoms with E-state index >= 15 is 0 Å². The summed E-state index contributed by atoms with van der Waals surface area (Å²) in [7, 11) is 0. The van der Waals surface area contributed by atoms with Gasteiger partial charge in [-0.25, -0.2) is 0 Å². The fourth-order valence-corrected chi connectivity index (χ4v) is 2.05. The molecule has 0 atom stereocenters. The molecule has 0 unspecified atom stereocenters. The Morgan fingerprint density at radius 1 is 1.33 bits per heavy atom. The van der Waals surface area contributed by atoms with Gasteiger partial charge in [-0.1, -0.05) is 6.07 Å². The topological polar surface area (TPSA) is 62.0 Å². The fourth-order valence-electron chi connectivity index (χ4n) is 2.05. The second-order valence-corrected chi connectivity index (χ2v) is 4.53. The summed E-state index contributed by atoms with van der Waals surface area (Å²) >= 11 is 0. The van der Waals surface area contributed by atoms with Gasteiger partial charge in [-0.2, -0.15) is 0 Å². The van der Waals surface area contributed by atoms with E-state index in [2.05, 4.69) is 10.3 Å². The van der Waals surface area contributed by atoms with Gasteiger partial charge in [0.25, 0.3) is 0 Å². The van der Waals surface area contributed by atoms with Crippen LogP contribution in [0.2, 0.25) is 0 Å². The molecule has 0 spiro atoms. The van der Waals surface area contributed by atoms with Crippen molar-refractivity contribution >= 4 is 22.4 Å². The number of hydrogen-bond donors (Lipinski definition) is 2. The highest BCUT2D eigenvalue weighted by Crippen LogP contribution is 2.24. The van der Waals surface area contributed by atoms with Gasteiger partial charge in [-0.05, 0) is 38.0 Å². The van der Waals surface area contributed by atoms with Gasteiger partial charge >= 0.3 is 0 Å². The Bertz CT molecular complexity index is 671. The Balaban J connectivity index is 2.56. The van der Waals surface area contributed by atoms with Crippen molar-refractivity contribution in [2.45, 2.75) is 20.8 Å². The van der Waals surface area contributed by atoms with E-state index in [1.165, 1.54) is 6.92 Å². The average molecular weight is 244 g/mol. The third kappa shape index (κ3) is 2.27. The molecule has 0 saturated carbocycles. The van der Waals surface area contributed by atoms with Crippen LogP contribution in [-0.2, 0) is 4.79 Å². The molecular formula is C14H16N2O2. The molecule has 4 heteroatoms. The highest BCUT2D eigenvalue weighted by atomic mass is 16.1. The number of pyridine rings is 1. The van der Waals surface area contributed by atoms with Gasteiger partial charge in [0.15, 0.2) is 0 Å². The van der Waals surface area contributed by atoms with Crippen molar-refractivity contribution in [2.75, 3.05) is 11.9 Å². The van der Waals surface area contributed by atoms with Crippen LogP contribution in [0.15, 0.2) is 23.0 Å². The number of benzene rings is 1. The predicted molar refractivity (Wildman–Crippen MR) is 73.2 cm³/mol. The summed E-state index contributed by atoms with van der Waals surface area (Å²) < 4.78 is 0. The number of carbonyl (C=O) groups excluding carboxylic acids is 1. The maximum atomic E-state index is 11.5. The molecule has 1 aromatic heterocycles. The van der Waals surface area contributed by atoms with Gasteiger partial charge in [0, 0.05) is 17.1 Å². The van der Waals surface area contributed by atoms with Crippen molar-refractivity contribution in [2.24, 2.45) is 0 Å². The highest BCUT2D eigenvalue weighted by molar-refractivity contribution is 5.89. The number of rotatable bonds is 3. The number of hydrogen-bond acceptors (Lipinski definition) is 3. The lowest BCUT2D eigenvalue weighted by Gasteiger charge is -2.11. The number of aromatic nitrogens is 1. The summed E-state index contributed by atoms with van der Waals surface area (Å²) in [5, 5.41) is 4.10. The van der Waals surface area contributed by atoms with E-state index in [1.54, 1.807) is 6.07 Å². The van der Waals surface area contributed by atoms with E-state index < -0.39 is 0 Å². The molecule has 4 nitrogen and oxygen atoms in total. The number of carbonyl (C=O) groups is 1. The Morgan fingerprint density at radius 3 is 2.72 bits per heavy atom. The SMILES string of the molecule is CC(=O)CNc1ccc2c(C)cc(=O)[nH]c2c1C. The van der Waals surface area contributed by atoms with Crippen LogP contribution >= 0.6 is 0 Å². The first-order chi connectivity index (χ1) is 8.49. The molecule has 2 rings (SSSR count). The first-order valence-electron chi connectivity index (χ1n) is 5.85. The molecule has 1 aromatic carbocycles. The van der Waals surface area contributed by atoms with E-state index in [1.807, 2.05) is 26.0 Å². The van der Waals surface area contributed by atoms with Gasteiger partial charge in [0.2, 0.25) is 5.56 Å². The number of Topliss-reactive ketones (excluding diaryl/α,β-unsaturated/α-hetero) is 1. The number of aromatic amines is 1. The first-order valence-corrected chi connectivity index (χ1v) is 5.85. The van der Waals surface area contributed by atoms with Crippen LogP contribution in [0.5, 0.6) is 0 Å². The molecule has 0 fully saturated rings. The molecule has 0 amide bonds. The van der Waals surface area contributed by atoms with Gasteiger partial charge in [-0.3, -0.25) is 9.59 Å². The zero-order chi connectivity index (χ0) is 13.3. The summed E-state index contributed by atoms with van der Waals surface area (Å²) in [6, 6.07) is 5.48. The monoisotopic (exact) mass is 244 g/mol. The van der Waals surface area contributed by atoms with Crippen molar-refractivity contribution in [1.82, 2.24) is 4.98 Å². The van der Waals surface area contributed by atoms with E-state index in [0.717, 1.165) is 27.7 Å². The van der Waals surface area contributed by atoms with E-state index in [-0.39, 0.29) is 11.3 Å². The number of ketones is 1. The van der Waals surface area contributed by atoms with Crippen LogP contribution in [0.3, 0.4) is 0 Å². The van der Waals surface area contributed by atoms with Crippen LogP contribution < -0.4 is 10.9 Å². The number of anilines is 1. The molecule has 2 aromatic rings. The van der Waals surface area contributed by atoms with Crippen molar-refractivity contribution in [3.05, 3.63) is 39.7 Å². The summed E-state index contributed by atoms with van der Waals surface area (Å²) in [4.78, 5) is 25.3. The van der Waals surface area contributed by atoms with Crippen molar-refractivity contribution in [1.29, 1.82) is 0 Å². The van der Waals surface area contributed by atoms with E-state index in [9.17, 15) is 9.59 Å². The summed E-state index contributed by atoms with van der Waals surface area (Å²) in [5.41, 5.74) is 3.50. The lowest BCUT2D eigenvalue weighted by molar-refractivity contribution is -0.115. The van der Waals surface area contributed by atoms with Crippen LogP contribution in [0.1, 0.15) is 18.1 Å². The van der Waals surface area contributed by atoms with Crippen LogP contribution in [0.4, 0.5) is 5.69 Å². The quantitative estimate of drug-likeness (QED) is 0.869. The lowest BCUT2D eigenvalue weighted by atomic mass is 10.0. The molecule has 18 heavy (non-hydrogen) atoms. The molecule has 94 valence electrons. The van der Waals surface area contributed by atoms with Gasteiger partial charge < -0.3 is 10.3 Å². The average Bonchev–Trinajstić information content (AvgIpc) is 2.29. The number of aryl methyl sites for hydroxylation is 2. The molecular weight excluding hydrogens is 228 g/mol. The van der Waals surface area contributed by atoms with Gasteiger partial charge in [-0.15, -0.1) is 0 Å². The zero-order valence-electron chi connectivity index (χ0n) is 10.8. The van der Waals surface area contributed by atoms with Crippen molar-refractivity contribution in [3.63, 3.8) is 0 Å². The van der Waals surface area contributed by atoms with Crippen molar-refractivity contribution in [3.8, 4) is 0 Å². The van der Waals surface area contributed by atoms with Crippen LogP contribution in [-0.4, -0.2) is 17.3 Å². The number of nitrogens with one attached hydrogen (secondary N) is 2. The van der Waals surface area contributed by atoms with Crippen LogP contribution in [0, 0.1) is 13.8 Å². The molecule has 1 heterocycles. The first kappa shape index (κ1) is 12.4. The Morgan fingerprint density at radius 2 is 2.06 bits per heavy atom. The van der Waals surface area contributed by atoms with Crippen LogP contribution in [0.25, 0.3) is 10.9 Å². The minimum Gasteiger partial charge on any atom is -0.378 e. The zero-order valence-corrected chi connectivity index (χ0v) is 10.8. The Labute approximate surface area is 105 Å². The third-order valence-electron chi connectivity index (χ3n) is 3.01. The Hall–Kier alpha value is -2.10. The second-order valence-electron chi connectivity index (χ2n) is 4.53. The summed E-state index contributed by atoms with van der Waals surface area (Å²) in [5.74, 6) is 0.0761. The minimum atomic E-state index is -0.105. The molecule has 0 radical (unpaired) electrons. The van der Waals surface area contributed by atoms with Gasteiger partial charge in [0.1, 0.15) is 5.78 Å². The Kier molecular flexibility index (Phi) is 3.19. The van der Waals surface area contributed by atoms with Crippen molar-refractivity contribution < 1.29 is 4.79 Å². The standard InChI is InChI=1S/C14H16N2O2/c1-8-6-13(18)16-14-10(3)12(5-4-11(8)14)15-7-9(2)17/h4-6,15H,7H2,1-3H3,(H,16,18). The molecule has 0 aliphatic rings. The normalized spacial score (nSPS) is 10.6. The lowest BCUT2D eigenvalue weighted by Crippen LogP contribution is -2.12. The molecule has 0 saturated heterocycles. The number of fused-ring (bicyclic) bond motifs is 1. The minimum absolute atomic E-state index is 0.0761. The predicted octanol–water partition coefficient (Wildman–Crippen LogP) is 2.15. The fraction of sp³-hybridized carbons (Fsp3) is 0.286. The van der Waals surface area contributed by atoms with E-state index in [4.69, 9.17) is 0 Å². The largest absolute Gasteiger partial charge is 0.378 e. The number of H-pyrrole nitrogens is 1. The maximum absolute atomic E-state index is 11.5. The highest BCUT2D eigenvalue weighted by Gasteiger charge is 2.07. The van der Waals surface area contributed by atoms with Gasteiger partial charge in [0.05, 0.1) is 12.1 Å². The molecule has 0 bridgehead atoms. The maximum Gasteiger partial charge on any atom is 0.248 e. The van der Waals surface area contributed by atoms with E-state index in [0.29, 0.717) is 6.54 Å². The summed E-state index contributed by atoms with van der Waals surface area (Å²) in [6.07, 6.45) is 0. The molecule has 2 N–H and O–H groups in total. The third-order valence-corrected chi connectivity index (χ3v) is 3.01. The smallest absolute Gasteiger partial charge is 0.248 e.